The molecule has 0 spiro atoms. The number of nitrogen functional groups attached to an aromatic ring is 1. The molecule has 1 aromatic heterocycles. The monoisotopic (exact) mass is 285 g/mol. The molecule has 3 N–H and O–H groups in total. The topological polar surface area (TPSA) is 76.3 Å². The van der Waals surface area contributed by atoms with Gasteiger partial charge in [-0.3, -0.25) is 0 Å². The van der Waals surface area contributed by atoms with E-state index in [0.29, 0.717) is 11.5 Å². The van der Waals surface area contributed by atoms with Gasteiger partial charge in [0.2, 0.25) is 0 Å². The summed E-state index contributed by atoms with van der Waals surface area (Å²) in [5.41, 5.74) is 7.64. The maximum atomic E-state index is 6.23. The Hall–Kier alpha value is -2.50. The van der Waals surface area contributed by atoms with Gasteiger partial charge in [0.25, 0.3) is 0 Å². The lowest BCUT2D eigenvalue weighted by atomic mass is 10.3. The van der Waals surface area contributed by atoms with Gasteiger partial charge in [-0.2, -0.15) is 0 Å². The molecule has 0 radical (unpaired) electrons. The molecule has 0 aliphatic carbocycles. The van der Waals surface area contributed by atoms with Crippen molar-refractivity contribution >= 4 is 23.0 Å². The quantitative estimate of drug-likeness (QED) is 0.898. The molecule has 21 heavy (non-hydrogen) atoms. The van der Waals surface area contributed by atoms with Crippen molar-refractivity contribution in [3.8, 4) is 5.75 Å². The number of benzene rings is 1. The Balaban J connectivity index is 1.90. The third kappa shape index (κ3) is 2.69. The van der Waals surface area contributed by atoms with Gasteiger partial charge in [0.05, 0.1) is 12.8 Å². The molecule has 110 valence electrons. The first-order chi connectivity index (χ1) is 10.3. The van der Waals surface area contributed by atoms with Gasteiger partial charge < -0.3 is 20.7 Å². The van der Waals surface area contributed by atoms with Crippen LogP contribution in [0.2, 0.25) is 0 Å². The van der Waals surface area contributed by atoms with E-state index in [1.165, 1.54) is 12.8 Å². The van der Waals surface area contributed by atoms with Crippen molar-refractivity contribution in [1.29, 1.82) is 0 Å². The van der Waals surface area contributed by atoms with Crippen LogP contribution in [0.15, 0.2) is 30.6 Å². The van der Waals surface area contributed by atoms with E-state index in [9.17, 15) is 0 Å². The number of para-hydroxylation sites is 2. The van der Waals surface area contributed by atoms with E-state index < -0.39 is 0 Å². The molecule has 6 heteroatoms. The molecule has 0 bridgehead atoms. The lowest BCUT2D eigenvalue weighted by Gasteiger charge is -2.20. The van der Waals surface area contributed by atoms with Gasteiger partial charge in [-0.25, -0.2) is 9.97 Å². The number of nitrogens with zero attached hydrogens (tertiary/aromatic N) is 3. The highest BCUT2D eigenvalue weighted by atomic mass is 16.5. The number of nitrogens with two attached hydrogens (primary N) is 1. The molecule has 0 saturated carbocycles. The highest BCUT2D eigenvalue weighted by Gasteiger charge is 2.18. The van der Waals surface area contributed by atoms with Crippen molar-refractivity contribution in [3.63, 3.8) is 0 Å². The molecule has 1 aliphatic heterocycles. The lowest BCUT2D eigenvalue weighted by molar-refractivity contribution is 0.417. The van der Waals surface area contributed by atoms with Crippen LogP contribution in [-0.4, -0.2) is 30.2 Å². The summed E-state index contributed by atoms with van der Waals surface area (Å²) in [6, 6.07) is 7.67. The molecule has 0 atom stereocenters. The minimum atomic E-state index is 0.574. The molecule has 2 aromatic rings. The second-order valence-electron chi connectivity index (χ2n) is 4.98. The molecule has 0 amide bonds. The number of methoxy groups -OCH3 is 1. The second kappa shape index (κ2) is 5.87. The molecular formula is C15H19N5O. The summed E-state index contributed by atoms with van der Waals surface area (Å²) >= 11 is 0. The third-order valence-electron chi connectivity index (χ3n) is 3.63. The standard InChI is InChI=1S/C15H19N5O/c1-21-12-7-3-2-6-11(12)19-14-13(16)15(18-10-17-14)20-8-4-5-9-20/h2-3,6-7,10H,4-5,8-9,16H2,1H3,(H,17,18,19). The fraction of sp³-hybridized carbons (Fsp3) is 0.333. The van der Waals surface area contributed by atoms with E-state index in [4.69, 9.17) is 10.5 Å². The molecule has 3 rings (SSSR count). The predicted octanol–water partition coefficient (Wildman–Crippen LogP) is 2.41. The van der Waals surface area contributed by atoms with Gasteiger partial charge in [0.15, 0.2) is 11.6 Å². The summed E-state index contributed by atoms with van der Waals surface area (Å²) in [6.07, 6.45) is 3.90. The molecule has 2 heterocycles. The van der Waals surface area contributed by atoms with Crippen LogP contribution in [-0.2, 0) is 0 Å². The minimum Gasteiger partial charge on any atom is -0.495 e. The fourth-order valence-electron chi connectivity index (χ4n) is 2.54. The Kier molecular flexibility index (Phi) is 3.77. The van der Waals surface area contributed by atoms with Crippen molar-refractivity contribution < 1.29 is 4.74 Å². The normalized spacial score (nSPS) is 14.2. The van der Waals surface area contributed by atoms with E-state index >= 15 is 0 Å². The van der Waals surface area contributed by atoms with E-state index in [0.717, 1.165) is 30.3 Å². The number of aromatic nitrogens is 2. The van der Waals surface area contributed by atoms with Crippen molar-refractivity contribution in [1.82, 2.24) is 9.97 Å². The van der Waals surface area contributed by atoms with Crippen LogP contribution in [0.1, 0.15) is 12.8 Å². The summed E-state index contributed by atoms with van der Waals surface area (Å²) in [7, 11) is 1.64. The van der Waals surface area contributed by atoms with E-state index in [-0.39, 0.29) is 0 Å². The third-order valence-corrected chi connectivity index (χ3v) is 3.63. The zero-order valence-electron chi connectivity index (χ0n) is 12.0. The van der Waals surface area contributed by atoms with Crippen molar-refractivity contribution in [2.24, 2.45) is 0 Å². The molecule has 1 saturated heterocycles. The Morgan fingerprint density at radius 3 is 2.71 bits per heavy atom. The van der Waals surface area contributed by atoms with Crippen molar-refractivity contribution in [2.75, 3.05) is 36.1 Å². The average Bonchev–Trinajstić information content (AvgIpc) is 3.04. The highest BCUT2D eigenvalue weighted by Crippen LogP contribution is 2.33. The van der Waals surface area contributed by atoms with Gasteiger partial charge >= 0.3 is 0 Å². The summed E-state index contributed by atoms with van der Waals surface area (Å²) in [5.74, 6) is 2.16. The molecule has 1 fully saturated rings. The summed E-state index contributed by atoms with van der Waals surface area (Å²) in [4.78, 5) is 10.8. The van der Waals surface area contributed by atoms with Crippen LogP contribution in [0.5, 0.6) is 5.75 Å². The van der Waals surface area contributed by atoms with Crippen LogP contribution < -0.4 is 20.7 Å². The number of nitrogens with one attached hydrogen (secondary N) is 1. The van der Waals surface area contributed by atoms with Gasteiger partial charge in [0.1, 0.15) is 17.8 Å². The summed E-state index contributed by atoms with van der Waals surface area (Å²) in [6.45, 7) is 1.99. The maximum absolute atomic E-state index is 6.23. The van der Waals surface area contributed by atoms with E-state index in [1.54, 1.807) is 13.4 Å². The van der Waals surface area contributed by atoms with Crippen LogP contribution >= 0.6 is 0 Å². The second-order valence-corrected chi connectivity index (χ2v) is 4.98. The number of hydrogen-bond donors (Lipinski definition) is 2. The van der Waals surface area contributed by atoms with Crippen molar-refractivity contribution in [3.05, 3.63) is 30.6 Å². The first kappa shape index (κ1) is 13.5. The number of ether oxygens (including phenoxy) is 1. The van der Waals surface area contributed by atoms with Gasteiger partial charge in [0, 0.05) is 13.1 Å². The highest BCUT2D eigenvalue weighted by molar-refractivity contribution is 5.79. The number of rotatable bonds is 4. The predicted molar refractivity (Wildman–Crippen MR) is 84.2 cm³/mol. The summed E-state index contributed by atoms with van der Waals surface area (Å²) in [5, 5.41) is 3.23. The van der Waals surface area contributed by atoms with Gasteiger partial charge in [-0.1, -0.05) is 12.1 Å². The van der Waals surface area contributed by atoms with Gasteiger partial charge in [-0.05, 0) is 25.0 Å². The average molecular weight is 285 g/mol. The Bertz CT molecular complexity index is 625. The fourth-order valence-corrected chi connectivity index (χ4v) is 2.54. The largest absolute Gasteiger partial charge is 0.495 e. The zero-order valence-corrected chi connectivity index (χ0v) is 12.0. The van der Waals surface area contributed by atoms with E-state index in [1.807, 2.05) is 24.3 Å². The van der Waals surface area contributed by atoms with Crippen molar-refractivity contribution in [2.45, 2.75) is 12.8 Å². The van der Waals surface area contributed by atoms with E-state index in [2.05, 4.69) is 20.2 Å². The first-order valence-electron chi connectivity index (χ1n) is 7.05. The molecule has 6 nitrogen and oxygen atoms in total. The lowest BCUT2D eigenvalue weighted by Crippen LogP contribution is -2.21. The zero-order chi connectivity index (χ0) is 14.7. The maximum Gasteiger partial charge on any atom is 0.159 e. The molecule has 0 unspecified atom stereocenters. The minimum absolute atomic E-state index is 0.574. The Morgan fingerprint density at radius 1 is 1.19 bits per heavy atom. The smallest absolute Gasteiger partial charge is 0.159 e. The van der Waals surface area contributed by atoms with Crippen LogP contribution in [0.25, 0.3) is 0 Å². The van der Waals surface area contributed by atoms with Gasteiger partial charge in [-0.15, -0.1) is 0 Å². The van der Waals surface area contributed by atoms with Crippen LogP contribution in [0.4, 0.5) is 23.0 Å². The Labute approximate surface area is 124 Å². The summed E-state index contributed by atoms with van der Waals surface area (Å²) < 4.78 is 5.33. The molecular weight excluding hydrogens is 266 g/mol. The number of anilines is 4. The van der Waals surface area contributed by atoms with Crippen LogP contribution in [0.3, 0.4) is 0 Å². The molecule has 1 aromatic carbocycles. The first-order valence-corrected chi connectivity index (χ1v) is 7.05. The number of hydrogen-bond acceptors (Lipinski definition) is 6. The molecule has 1 aliphatic rings. The SMILES string of the molecule is COc1ccccc1Nc1ncnc(N2CCCC2)c1N. The Morgan fingerprint density at radius 2 is 1.95 bits per heavy atom. The van der Waals surface area contributed by atoms with Crippen LogP contribution in [0, 0.1) is 0 Å².